The second kappa shape index (κ2) is 8.34. The summed E-state index contributed by atoms with van der Waals surface area (Å²) in [5.41, 5.74) is 1.46. The smallest absolute Gasteiger partial charge is 0.254 e. The summed E-state index contributed by atoms with van der Waals surface area (Å²) in [6, 6.07) is 14.1. The number of sulfonamides is 1. The number of amides is 1. The van der Waals surface area contributed by atoms with Crippen LogP contribution in [0.2, 0.25) is 5.02 Å². The van der Waals surface area contributed by atoms with E-state index < -0.39 is 10.0 Å². The van der Waals surface area contributed by atoms with Crippen molar-refractivity contribution in [2.45, 2.75) is 17.7 Å². The number of piperazine rings is 1. The molecule has 0 aliphatic carbocycles. The van der Waals surface area contributed by atoms with Gasteiger partial charge in [0, 0.05) is 55.5 Å². The zero-order valence-corrected chi connectivity index (χ0v) is 17.7. The van der Waals surface area contributed by atoms with Crippen molar-refractivity contribution in [3.05, 3.63) is 59.1 Å². The van der Waals surface area contributed by atoms with Gasteiger partial charge in [0.1, 0.15) is 0 Å². The van der Waals surface area contributed by atoms with Crippen molar-refractivity contribution in [1.82, 2.24) is 9.21 Å². The molecule has 29 heavy (non-hydrogen) atoms. The standard InChI is InChI=1S/C21H24ClN3O3S/c22-18-6-4-7-19(16-18)23-11-13-24(14-12-23)21(26)17-5-3-8-20(15-17)29(27,28)25-9-1-2-10-25/h3-8,15-16H,1-2,9-14H2. The summed E-state index contributed by atoms with van der Waals surface area (Å²) in [6.07, 6.45) is 1.77. The monoisotopic (exact) mass is 433 g/mol. The first-order valence-electron chi connectivity index (χ1n) is 9.85. The number of nitrogens with zero attached hydrogens (tertiary/aromatic N) is 3. The summed E-state index contributed by atoms with van der Waals surface area (Å²) in [5, 5.41) is 0.692. The number of halogens is 1. The van der Waals surface area contributed by atoms with Crippen LogP contribution in [0.4, 0.5) is 5.69 Å². The van der Waals surface area contributed by atoms with Crippen LogP contribution >= 0.6 is 11.6 Å². The lowest BCUT2D eigenvalue weighted by Crippen LogP contribution is -2.48. The quantitative estimate of drug-likeness (QED) is 0.743. The second-order valence-electron chi connectivity index (χ2n) is 7.40. The lowest BCUT2D eigenvalue weighted by molar-refractivity contribution is 0.0746. The Labute approximate surface area is 176 Å². The maximum atomic E-state index is 13.0. The van der Waals surface area contributed by atoms with Gasteiger partial charge in [-0.3, -0.25) is 4.79 Å². The van der Waals surface area contributed by atoms with Gasteiger partial charge in [-0.15, -0.1) is 0 Å². The van der Waals surface area contributed by atoms with Gasteiger partial charge in [0.05, 0.1) is 4.90 Å². The van der Waals surface area contributed by atoms with Crippen molar-refractivity contribution in [3.8, 4) is 0 Å². The van der Waals surface area contributed by atoms with Gasteiger partial charge in [-0.05, 0) is 49.2 Å². The van der Waals surface area contributed by atoms with Gasteiger partial charge >= 0.3 is 0 Å². The van der Waals surface area contributed by atoms with E-state index in [0.717, 1.165) is 18.5 Å². The molecule has 1 amide bonds. The highest BCUT2D eigenvalue weighted by Gasteiger charge is 2.28. The molecule has 2 aromatic rings. The van der Waals surface area contributed by atoms with Crippen molar-refractivity contribution in [2.24, 2.45) is 0 Å². The molecule has 2 aliphatic rings. The van der Waals surface area contributed by atoms with E-state index in [9.17, 15) is 13.2 Å². The molecule has 8 heteroatoms. The van der Waals surface area contributed by atoms with Crippen LogP contribution in [0.5, 0.6) is 0 Å². The first-order chi connectivity index (χ1) is 13.9. The van der Waals surface area contributed by atoms with E-state index >= 15 is 0 Å². The summed E-state index contributed by atoms with van der Waals surface area (Å²) >= 11 is 6.08. The van der Waals surface area contributed by atoms with Crippen LogP contribution in [0, 0.1) is 0 Å². The van der Waals surface area contributed by atoms with Gasteiger partial charge in [-0.1, -0.05) is 23.7 Å². The molecule has 0 aromatic heterocycles. The van der Waals surface area contributed by atoms with Crippen LogP contribution in [0.15, 0.2) is 53.4 Å². The topological polar surface area (TPSA) is 60.9 Å². The van der Waals surface area contributed by atoms with E-state index in [0.29, 0.717) is 49.9 Å². The molecule has 0 bridgehead atoms. The normalized spacial score (nSPS) is 18.2. The SMILES string of the molecule is O=C(c1cccc(S(=O)(=O)N2CCCC2)c1)N1CCN(c2cccc(Cl)c2)CC1. The summed E-state index contributed by atoms with van der Waals surface area (Å²) in [6.45, 7) is 3.66. The van der Waals surface area contributed by atoms with Crippen LogP contribution in [0.3, 0.4) is 0 Å². The van der Waals surface area contributed by atoms with Crippen LogP contribution in [-0.4, -0.2) is 62.8 Å². The maximum absolute atomic E-state index is 13.0. The van der Waals surface area contributed by atoms with Gasteiger partial charge in [0.25, 0.3) is 5.91 Å². The molecule has 2 fully saturated rings. The fourth-order valence-electron chi connectivity index (χ4n) is 3.89. The van der Waals surface area contributed by atoms with Crippen molar-refractivity contribution < 1.29 is 13.2 Å². The first-order valence-corrected chi connectivity index (χ1v) is 11.7. The largest absolute Gasteiger partial charge is 0.368 e. The third kappa shape index (κ3) is 4.27. The van der Waals surface area contributed by atoms with Crippen molar-refractivity contribution >= 4 is 33.2 Å². The number of hydrogen-bond donors (Lipinski definition) is 0. The molecule has 0 atom stereocenters. The molecule has 0 unspecified atom stereocenters. The lowest BCUT2D eigenvalue weighted by Gasteiger charge is -2.36. The average Bonchev–Trinajstić information content (AvgIpc) is 3.29. The number of anilines is 1. The minimum atomic E-state index is -3.53. The zero-order valence-electron chi connectivity index (χ0n) is 16.1. The Morgan fingerprint density at radius 3 is 2.24 bits per heavy atom. The van der Waals surface area contributed by atoms with Crippen LogP contribution in [0.25, 0.3) is 0 Å². The van der Waals surface area contributed by atoms with E-state index in [2.05, 4.69) is 4.90 Å². The number of rotatable bonds is 4. The molecule has 0 saturated carbocycles. The minimum Gasteiger partial charge on any atom is -0.368 e. The van der Waals surface area contributed by atoms with Gasteiger partial charge < -0.3 is 9.80 Å². The Hall–Kier alpha value is -2.09. The van der Waals surface area contributed by atoms with Gasteiger partial charge in [0.15, 0.2) is 0 Å². The molecule has 2 aromatic carbocycles. The highest BCUT2D eigenvalue weighted by Crippen LogP contribution is 2.24. The number of hydrogen-bond acceptors (Lipinski definition) is 4. The Kier molecular flexibility index (Phi) is 5.81. The molecule has 6 nitrogen and oxygen atoms in total. The molecule has 0 N–H and O–H groups in total. The molecule has 4 rings (SSSR count). The average molecular weight is 434 g/mol. The highest BCUT2D eigenvalue weighted by atomic mass is 35.5. The van der Waals surface area contributed by atoms with Crippen LogP contribution in [0.1, 0.15) is 23.2 Å². The molecular formula is C21H24ClN3O3S. The number of benzene rings is 2. The molecular weight excluding hydrogens is 410 g/mol. The maximum Gasteiger partial charge on any atom is 0.254 e. The Balaban J connectivity index is 1.45. The van der Waals surface area contributed by atoms with Crippen LogP contribution < -0.4 is 4.90 Å². The Bertz CT molecular complexity index is 998. The summed E-state index contributed by atoms with van der Waals surface area (Å²) < 4.78 is 27.1. The van der Waals surface area contributed by atoms with Gasteiger partial charge in [-0.2, -0.15) is 4.31 Å². The second-order valence-corrected chi connectivity index (χ2v) is 9.77. The highest BCUT2D eigenvalue weighted by molar-refractivity contribution is 7.89. The molecule has 154 valence electrons. The predicted octanol–water partition coefficient (Wildman–Crippen LogP) is 3.09. The first kappa shape index (κ1) is 20.2. The van der Waals surface area contributed by atoms with E-state index in [1.165, 1.54) is 10.4 Å². The van der Waals surface area contributed by atoms with Crippen molar-refractivity contribution in [3.63, 3.8) is 0 Å². The Morgan fingerprint density at radius 2 is 1.55 bits per heavy atom. The van der Waals surface area contributed by atoms with E-state index in [1.54, 1.807) is 23.1 Å². The van der Waals surface area contributed by atoms with E-state index in [-0.39, 0.29) is 10.8 Å². The molecule has 2 saturated heterocycles. The minimum absolute atomic E-state index is 0.130. The zero-order chi connectivity index (χ0) is 20.4. The van der Waals surface area contributed by atoms with Gasteiger partial charge in [-0.25, -0.2) is 8.42 Å². The van der Waals surface area contributed by atoms with E-state index in [1.807, 2.05) is 24.3 Å². The molecule has 0 radical (unpaired) electrons. The number of carbonyl (C=O) groups excluding carboxylic acids is 1. The summed E-state index contributed by atoms with van der Waals surface area (Å²) in [7, 11) is -3.53. The number of carbonyl (C=O) groups is 1. The predicted molar refractivity (Wildman–Crippen MR) is 114 cm³/mol. The molecule has 2 heterocycles. The van der Waals surface area contributed by atoms with Crippen molar-refractivity contribution in [2.75, 3.05) is 44.2 Å². The fraction of sp³-hybridized carbons (Fsp3) is 0.381. The van der Waals surface area contributed by atoms with Crippen LogP contribution in [-0.2, 0) is 10.0 Å². The fourth-order valence-corrected chi connectivity index (χ4v) is 5.64. The Morgan fingerprint density at radius 1 is 0.862 bits per heavy atom. The third-order valence-corrected chi connectivity index (χ3v) is 7.65. The molecule has 2 aliphatic heterocycles. The van der Waals surface area contributed by atoms with Crippen molar-refractivity contribution in [1.29, 1.82) is 0 Å². The van der Waals surface area contributed by atoms with Gasteiger partial charge in [0.2, 0.25) is 10.0 Å². The summed E-state index contributed by atoms with van der Waals surface area (Å²) in [5.74, 6) is -0.130. The molecule has 0 spiro atoms. The lowest BCUT2D eigenvalue weighted by atomic mass is 10.1. The van der Waals surface area contributed by atoms with E-state index in [4.69, 9.17) is 11.6 Å². The third-order valence-electron chi connectivity index (χ3n) is 5.52. The summed E-state index contributed by atoms with van der Waals surface area (Å²) in [4.78, 5) is 17.2.